The molecule has 0 bridgehead atoms. The van der Waals surface area contributed by atoms with Gasteiger partial charge in [0, 0.05) is 36.1 Å². The summed E-state index contributed by atoms with van der Waals surface area (Å²) in [7, 11) is 1.76. The van der Waals surface area contributed by atoms with Gasteiger partial charge in [0.25, 0.3) is 11.8 Å². The molecule has 5 nitrogen and oxygen atoms in total. The highest BCUT2D eigenvalue weighted by Crippen LogP contribution is 2.14. The number of pyridine rings is 1. The summed E-state index contributed by atoms with van der Waals surface area (Å²) in [5.74, 6) is -0.491. The molecular formula is C18H20ClN3O2. The Morgan fingerprint density at radius 2 is 1.92 bits per heavy atom. The number of unbranched alkanes of at least 4 members (excludes halogenated alkanes) is 1. The number of nitrogens with one attached hydrogen (secondary N) is 1. The van der Waals surface area contributed by atoms with Crippen molar-refractivity contribution < 1.29 is 9.59 Å². The van der Waals surface area contributed by atoms with Crippen LogP contribution in [0.25, 0.3) is 0 Å². The number of benzene rings is 1. The number of hydrogen-bond donors (Lipinski definition) is 1. The van der Waals surface area contributed by atoms with Crippen molar-refractivity contribution in [2.45, 2.75) is 19.8 Å². The van der Waals surface area contributed by atoms with Gasteiger partial charge in [0.1, 0.15) is 5.69 Å². The van der Waals surface area contributed by atoms with Crippen molar-refractivity contribution in [3.63, 3.8) is 0 Å². The summed E-state index contributed by atoms with van der Waals surface area (Å²) >= 11 is 5.82. The number of hydrogen-bond acceptors (Lipinski definition) is 3. The molecule has 1 aromatic heterocycles. The van der Waals surface area contributed by atoms with E-state index in [-0.39, 0.29) is 17.5 Å². The Bertz CT molecular complexity index is 716. The fourth-order valence-corrected chi connectivity index (χ4v) is 2.26. The van der Waals surface area contributed by atoms with E-state index in [0.717, 1.165) is 12.8 Å². The molecule has 0 saturated heterocycles. The maximum Gasteiger partial charge on any atom is 0.274 e. The van der Waals surface area contributed by atoms with Crippen molar-refractivity contribution in [2.75, 3.05) is 18.9 Å². The first-order chi connectivity index (χ1) is 11.5. The molecule has 0 spiro atoms. The van der Waals surface area contributed by atoms with E-state index in [1.54, 1.807) is 42.3 Å². The smallest absolute Gasteiger partial charge is 0.274 e. The van der Waals surface area contributed by atoms with Crippen LogP contribution in [0, 0.1) is 0 Å². The summed E-state index contributed by atoms with van der Waals surface area (Å²) in [6.07, 6.45) is 3.43. The fraction of sp³-hybridized carbons (Fsp3) is 0.278. The lowest BCUT2D eigenvalue weighted by Gasteiger charge is -2.16. The zero-order valence-corrected chi connectivity index (χ0v) is 14.5. The van der Waals surface area contributed by atoms with Gasteiger partial charge in [0.15, 0.2) is 0 Å². The molecule has 1 N–H and O–H groups in total. The van der Waals surface area contributed by atoms with E-state index in [9.17, 15) is 9.59 Å². The summed E-state index contributed by atoms with van der Waals surface area (Å²) in [5.41, 5.74) is 1.26. The predicted molar refractivity (Wildman–Crippen MR) is 95.5 cm³/mol. The second-order valence-electron chi connectivity index (χ2n) is 5.47. The third-order valence-corrected chi connectivity index (χ3v) is 3.79. The second kappa shape index (κ2) is 8.45. The monoisotopic (exact) mass is 345 g/mol. The standard InChI is InChI=1S/C18H20ClN3O2/c1-3-4-11-22(2)18(24)13-9-10-20-16(12-13)17(23)21-15-7-5-14(19)6-8-15/h5-10,12H,3-4,11H2,1-2H3,(H,21,23). The van der Waals surface area contributed by atoms with Crippen LogP contribution in [0.4, 0.5) is 5.69 Å². The number of anilines is 1. The van der Waals surface area contributed by atoms with E-state index in [1.165, 1.54) is 12.3 Å². The molecule has 0 unspecified atom stereocenters. The Labute approximate surface area is 146 Å². The summed E-state index contributed by atoms with van der Waals surface area (Å²) in [6.45, 7) is 2.76. The van der Waals surface area contributed by atoms with Gasteiger partial charge in [-0.15, -0.1) is 0 Å². The highest BCUT2D eigenvalue weighted by atomic mass is 35.5. The number of carbonyl (C=O) groups excluding carboxylic acids is 2. The maximum atomic E-state index is 12.4. The first kappa shape index (κ1) is 17.9. The summed E-state index contributed by atoms with van der Waals surface area (Å²) in [6, 6.07) is 9.90. The average molecular weight is 346 g/mol. The highest BCUT2D eigenvalue weighted by molar-refractivity contribution is 6.30. The van der Waals surface area contributed by atoms with Gasteiger partial charge in [-0.3, -0.25) is 14.6 Å². The number of aromatic nitrogens is 1. The van der Waals surface area contributed by atoms with Gasteiger partial charge in [-0.2, -0.15) is 0 Å². The molecule has 0 aliphatic heterocycles. The van der Waals surface area contributed by atoms with Crippen LogP contribution >= 0.6 is 11.6 Å². The molecule has 126 valence electrons. The van der Waals surface area contributed by atoms with E-state index < -0.39 is 0 Å². The zero-order valence-electron chi connectivity index (χ0n) is 13.8. The zero-order chi connectivity index (χ0) is 17.5. The lowest BCUT2D eigenvalue weighted by Crippen LogP contribution is -2.28. The molecule has 1 aromatic carbocycles. The Morgan fingerprint density at radius 3 is 2.58 bits per heavy atom. The van der Waals surface area contributed by atoms with Crippen molar-refractivity contribution in [3.8, 4) is 0 Å². The van der Waals surface area contributed by atoms with E-state index in [2.05, 4.69) is 17.2 Å². The normalized spacial score (nSPS) is 10.3. The molecule has 0 atom stereocenters. The largest absolute Gasteiger partial charge is 0.342 e. The van der Waals surface area contributed by atoms with Crippen molar-refractivity contribution in [1.29, 1.82) is 0 Å². The van der Waals surface area contributed by atoms with Crippen molar-refractivity contribution in [3.05, 3.63) is 58.9 Å². The van der Waals surface area contributed by atoms with Crippen LogP contribution < -0.4 is 5.32 Å². The number of halogens is 1. The van der Waals surface area contributed by atoms with Crippen LogP contribution in [0.3, 0.4) is 0 Å². The van der Waals surface area contributed by atoms with Crippen molar-refractivity contribution in [2.24, 2.45) is 0 Å². The number of amides is 2. The Morgan fingerprint density at radius 1 is 1.21 bits per heavy atom. The number of nitrogens with zero attached hydrogens (tertiary/aromatic N) is 2. The molecule has 2 aromatic rings. The molecule has 24 heavy (non-hydrogen) atoms. The third-order valence-electron chi connectivity index (χ3n) is 3.54. The van der Waals surface area contributed by atoms with E-state index in [0.29, 0.717) is 22.8 Å². The Hall–Kier alpha value is -2.40. The van der Waals surface area contributed by atoms with Crippen LogP contribution in [-0.4, -0.2) is 35.3 Å². The molecular weight excluding hydrogens is 326 g/mol. The van der Waals surface area contributed by atoms with Crippen LogP contribution in [0.1, 0.15) is 40.6 Å². The third kappa shape index (κ3) is 4.80. The number of rotatable bonds is 6. The van der Waals surface area contributed by atoms with Crippen molar-refractivity contribution >= 4 is 29.1 Å². The highest BCUT2D eigenvalue weighted by Gasteiger charge is 2.15. The van der Waals surface area contributed by atoms with Gasteiger partial charge in [-0.05, 0) is 42.8 Å². The minimum Gasteiger partial charge on any atom is -0.342 e. The molecule has 1 heterocycles. The van der Waals surface area contributed by atoms with Crippen LogP contribution in [-0.2, 0) is 0 Å². The SMILES string of the molecule is CCCCN(C)C(=O)c1ccnc(C(=O)Nc2ccc(Cl)cc2)c1. The average Bonchev–Trinajstić information content (AvgIpc) is 2.61. The molecule has 6 heteroatoms. The lowest BCUT2D eigenvalue weighted by atomic mass is 10.2. The number of carbonyl (C=O) groups is 2. The van der Waals surface area contributed by atoms with E-state index in [1.807, 2.05) is 0 Å². The first-order valence-corrected chi connectivity index (χ1v) is 8.17. The summed E-state index contributed by atoms with van der Waals surface area (Å²) in [5, 5.41) is 3.32. The molecule has 0 fully saturated rings. The van der Waals surface area contributed by atoms with Gasteiger partial charge < -0.3 is 10.2 Å². The maximum absolute atomic E-state index is 12.4. The predicted octanol–water partition coefficient (Wildman–Crippen LogP) is 3.86. The Kier molecular flexibility index (Phi) is 6.32. The van der Waals surface area contributed by atoms with Crippen LogP contribution in [0.15, 0.2) is 42.6 Å². The van der Waals surface area contributed by atoms with E-state index >= 15 is 0 Å². The second-order valence-corrected chi connectivity index (χ2v) is 5.91. The molecule has 0 saturated carbocycles. The molecule has 2 amide bonds. The van der Waals surface area contributed by atoms with E-state index in [4.69, 9.17) is 11.6 Å². The van der Waals surface area contributed by atoms with Gasteiger partial charge in [-0.1, -0.05) is 24.9 Å². The topological polar surface area (TPSA) is 62.3 Å². The quantitative estimate of drug-likeness (QED) is 0.864. The minimum atomic E-state index is -0.372. The molecule has 2 rings (SSSR count). The first-order valence-electron chi connectivity index (χ1n) is 7.79. The van der Waals surface area contributed by atoms with Crippen LogP contribution in [0.2, 0.25) is 5.02 Å². The Balaban J connectivity index is 2.10. The van der Waals surface area contributed by atoms with Crippen molar-refractivity contribution in [1.82, 2.24) is 9.88 Å². The fourth-order valence-electron chi connectivity index (χ4n) is 2.13. The molecule has 0 radical (unpaired) electrons. The minimum absolute atomic E-state index is 0.119. The van der Waals surface area contributed by atoms with Gasteiger partial charge in [-0.25, -0.2) is 0 Å². The molecule has 0 aliphatic rings. The van der Waals surface area contributed by atoms with Crippen LogP contribution in [0.5, 0.6) is 0 Å². The summed E-state index contributed by atoms with van der Waals surface area (Å²) in [4.78, 5) is 30.4. The van der Waals surface area contributed by atoms with Gasteiger partial charge in [0.2, 0.25) is 0 Å². The molecule has 0 aliphatic carbocycles. The lowest BCUT2D eigenvalue weighted by molar-refractivity contribution is 0.0793. The van der Waals surface area contributed by atoms with Gasteiger partial charge in [0.05, 0.1) is 0 Å². The summed E-state index contributed by atoms with van der Waals surface area (Å²) < 4.78 is 0. The van der Waals surface area contributed by atoms with Gasteiger partial charge >= 0.3 is 0 Å².